The lowest BCUT2D eigenvalue weighted by atomic mass is 10.0. The Bertz CT molecular complexity index is 268. The van der Waals surface area contributed by atoms with Crippen LogP contribution in [-0.2, 0) is 9.59 Å². The normalized spacial score (nSPS) is 22.9. The number of aliphatic carboxylic acids is 1. The highest BCUT2D eigenvalue weighted by Gasteiger charge is 2.31. The Balaban J connectivity index is 2.60. The summed E-state index contributed by atoms with van der Waals surface area (Å²) >= 11 is 0. The molecular weight excluding hydrogens is 208 g/mol. The fourth-order valence-electron chi connectivity index (χ4n) is 1.97. The van der Waals surface area contributed by atoms with Gasteiger partial charge in [0.05, 0.1) is 0 Å². The molecule has 1 aliphatic heterocycles. The first-order valence-corrected chi connectivity index (χ1v) is 5.84. The summed E-state index contributed by atoms with van der Waals surface area (Å²) in [7, 11) is 0. The summed E-state index contributed by atoms with van der Waals surface area (Å²) in [5.74, 6) is -1.03. The first-order valence-electron chi connectivity index (χ1n) is 5.84. The van der Waals surface area contributed by atoms with Crippen molar-refractivity contribution in [2.45, 2.75) is 51.1 Å². The standard InChI is InChI=1S/C11H20N2O3/c1-2-8(12)7-10(14)13-6-4-3-5-9(13)11(15)16/h8-9H,2-7,12H2,1H3,(H,15,16). The first-order chi connectivity index (χ1) is 7.56. The van der Waals surface area contributed by atoms with Gasteiger partial charge in [0.15, 0.2) is 0 Å². The second-order valence-electron chi connectivity index (χ2n) is 4.31. The summed E-state index contributed by atoms with van der Waals surface area (Å²) in [6.45, 7) is 2.47. The van der Waals surface area contributed by atoms with Gasteiger partial charge in [0, 0.05) is 19.0 Å². The predicted octanol–water partition coefficient (Wildman–Crippen LogP) is 0.579. The molecule has 2 atom stereocenters. The average Bonchev–Trinajstić information content (AvgIpc) is 2.28. The van der Waals surface area contributed by atoms with E-state index in [-0.39, 0.29) is 18.4 Å². The molecule has 0 spiro atoms. The van der Waals surface area contributed by atoms with E-state index < -0.39 is 12.0 Å². The molecule has 1 aliphatic rings. The molecule has 0 saturated carbocycles. The maximum absolute atomic E-state index is 11.9. The Morgan fingerprint density at radius 3 is 2.75 bits per heavy atom. The lowest BCUT2D eigenvalue weighted by Gasteiger charge is -2.33. The highest BCUT2D eigenvalue weighted by molar-refractivity contribution is 5.84. The van der Waals surface area contributed by atoms with Crippen LogP contribution in [-0.4, -0.2) is 40.5 Å². The van der Waals surface area contributed by atoms with E-state index in [0.717, 1.165) is 19.3 Å². The zero-order chi connectivity index (χ0) is 12.1. The van der Waals surface area contributed by atoms with Gasteiger partial charge in [0.1, 0.15) is 6.04 Å². The van der Waals surface area contributed by atoms with E-state index >= 15 is 0 Å². The van der Waals surface area contributed by atoms with Gasteiger partial charge < -0.3 is 15.7 Å². The average molecular weight is 228 g/mol. The molecule has 16 heavy (non-hydrogen) atoms. The second-order valence-corrected chi connectivity index (χ2v) is 4.31. The fraction of sp³-hybridized carbons (Fsp3) is 0.818. The summed E-state index contributed by atoms with van der Waals surface area (Å²) in [5, 5.41) is 9.02. The molecule has 1 fully saturated rings. The number of hydrogen-bond donors (Lipinski definition) is 2. The van der Waals surface area contributed by atoms with E-state index in [2.05, 4.69) is 0 Å². The summed E-state index contributed by atoms with van der Waals surface area (Å²) in [6, 6.07) is -0.811. The van der Waals surface area contributed by atoms with Crippen molar-refractivity contribution < 1.29 is 14.7 Å². The molecule has 0 aromatic heterocycles. The van der Waals surface area contributed by atoms with E-state index in [0.29, 0.717) is 13.0 Å². The molecule has 0 aliphatic carbocycles. The highest BCUT2D eigenvalue weighted by Crippen LogP contribution is 2.18. The molecule has 5 nitrogen and oxygen atoms in total. The largest absolute Gasteiger partial charge is 0.480 e. The number of carboxylic acids is 1. The van der Waals surface area contributed by atoms with Gasteiger partial charge in [-0.15, -0.1) is 0 Å². The summed E-state index contributed by atoms with van der Waals surface area (Å²) in [4.78, 5) is 24.3. The molecular formula is C11H20N2O3. The number of carbonyl (C=O) groups is 2. The van der Waals surface area contributed by atoms with Crippen LogP contribution in [0.15, 0.2) is 0 Å². The van der Waals surface area contributed by atoms with Crippen molar-refractivity contribution in [3.63, 3.8) is 0 Å². The van der Waals surface area contributed by atoms with Crippen LogP contribution in [0, 0.1) is 0 Å². The van der Waals surface area contributed by atoms with Crippen molar-refractivity contribution in [2.24, 2.45) is 5.73 Å². The second kappa shape index (κ2) is 5.84. The van der Waals surface area contributed by atoms with Crippen molar-refractivity contribution in [1.82, 2.24) is 4.90 Å². The molecule has 92 valence electrons. The third kappa shape index (κ3) is 3.20. The fourth-order valence-corrected chi connectivity index (χ4v) is 1.97. The summed E-state index contributed by atoms with van der Waals surface area (Å²) in [5.41, 5.74) is 5.71. The Labute approximate surface area is 95.6 Å². The van der Waals surface area contributed by atoms with Crippen LogP contribution in [0.1, 0.15) is 39.0 Å². The van der Waals surface area contributed by atoms with E-state index in [1.165, 1.54) is 4.90 Å². The number of carboxylic acid groups (broad SMARTS) is 1. The van der Waals surface area contributed by atoms with Crippen LogP contribution >= 0.6 is 0 Å². The number of carbonyl (C=O) groups excluding carboxylic acids is 1. The van der Waals surface area contributed by atoms with Crippen LogP contribution in [0.3, 0.4) is 0 Å². The molecule has 0 aromatic carbocycles. The van der Waals surface area contributed by atoms with Crippen molar-refractivity contribution in [3.8, 4) is 0 Å². The molecule has 2 unspecified atom stereocenters. The first kappa shape index (κ1) is 13.0. The minimum absolute atomic E-state index is 0.124. The zero-order valence-electron chi connectivity index (χ0n) is 9.69. The monoisotopic (exact) mass is 228 g/mol. The summed E-state index contributed by atoms with van der Waals surface area (Å²) in [6.07, 6.45) is 3.30. The zero-order valence-corrected chi connectivity index (χ0v) is 9.69. The maximum Gasteiger partial charge on any atom is 0.326 e. The van der Waals surface area contributed by atoms with Crippen molar-refractivity contribution in [3.05, 3.63) is 0 Å². The molecule has 1 heterocycles. The van der Waals surface area contributed by atoms with E-state index in [1.807, 2.05) is 6.92 Å². The van der Waals surface area contributed by atoms with Crippen molar-refractivity contribution >= 4 is 11.9 Å². The smallest absolute Gasteiger partial charge is 0.326 e. The Hall–Kier alpha value is -1.10. The predicted molar refractivity (Wildman–Crippen MR) is 59.9 cm³/mol. The van der Waals surface area contributed by atoms with E-state index in [1.54, 1.807) is 0 Å². The number of nitrogens with two attached hydrogens (primary N) is 1. The number of hydrogen-bond acceptors (Lipinski definition) is 3. The van der Waals surface area contributed by atoms with E-state index in [4.69, 9.17) is 10.8 Å². The Morgan fingerprint density at radius 1 is 1.50 bits per heavy atom. The van der Waals surface area contributed by atoms with Crippen molar-refractivity contribution in [1.29, 1.82) is 0 Å². The molecule has 3 N–H and O–H groups in total. The SMILES string of the molecule is CCC(N)CC(=O)N1CCCCC1C(=O)O. The molecule has 1 rings (SSSR count). The number of likely N-dealkylation sites (tertiary alicyclic amines) is 1. The van der Waals surface area contributed by atoms with Gasteiger partial charge in [-0.25, -0.2) is 4.79 Å². The van der Waals surface area contributed by atoms with Gasteiger partial charge in [-0.1, -0.05) is 6.92 Å². The lowest BCUT2D eigenvalue weighted by molar-refractivity contribution is -0.152. The van der Waals surface area contributed by atoms with Gasteiger partial charge in [0.2, 0.25) is 5.91 Å². The molecule has 0 bridgehead atoms. The quantitative estimate of drug-likeness (QED) is 0.737. The van der Waals surface area contributed by atoms with Gasteiger partial charge in [-0.3, -0.25) is 4.79 Å². The van der Waals surface area contributed by atoms with Gasteiger partial charge >= 0.3 is 5.97 Å². The number of nitrogens with zero attached hydrogens (tertiary/aromatic N) is 1. The van der Waals surface area contributed by atoms with Crippen LogP contribution in [0.5, 0.6) is 0 Å². The van der Waals surface area contributed by atoms with Gasteiger partial charge in [-0.05, 0) is 25.7 Å². The number of amides is 1. The number of rotatable bonds is 4. The van der Waals surface area contributed by atoms with Gasteiger partial charge in [0.25, 0.3) is 0 Å². The maximum atomic E-state index is 11.9. The number of piperidine rings is 1. The molecule has 0 aromatic rings. The third-order valence-electron chi connectivity index (χ3n) is 3.07. The van der Waals surface area contributed by atoms with Crippen LogP contribution in [0.4, 0.5) is 0 Å². The van der Waals surface area contributed by atoms with Gasteiger partial charge in [-0.2, -0.15) is 0 Å². The minimum atomic E-state index is -0.905. The third-order valence-corrected chi connectivity index (χ3v) is 3.07. The minimum Gasteiger partial charge on any atom is -0.480 e. The molecule has 1 saturated heterocycles. The Morgan fingerprint density at radius 2 is 2.19 bits per heavy atom. The van der Waals surface area contributed by atoms with E-state index in [9.17, 15) is 9.59 Å². The molecule has 1 amide bonds. The summed E-state index contributed by atoms with van der Waals surface area (Å²) < 4.78 is 0. The lowest BCUT2D eigenvalue weighted by Crippen LogP contribution is -2.49. The van der Waals surface area contributed by atoms with Crippen LogP contribution < -0.4 is 5.73 Å². The van der Waals surface area contributed by atoms with Crippen molar-refractivity contribution in [2.75, 3.05) is 6.54 Å². The van der Waals surface area contributed by atoms with Crippen LogP contribution in [0.2, 0.25) is 0 Å². The Kier molecular flexibility index (Phi) is 4.73. The highest BCUT2D eigenvalue weighted by atomic mass is 16.4. The topological polar surface area (TPSA) is 83.6 Å². The molecule has 5 heteroatoms. The van der Waals surface area contributed by atoms with Crippen LogP contribution in [0.25, 0.3) is 0 Å². The molecule has 0 radical (unpaired) electrons.